The summed E-state index contributed by atoms with van der Waals surface area (Å²) in [7, 11) is 1.55. The molecule has 0 spiro atoms. The van der Waals surface area contributed by atoms with Gasteiger partial charge >= 0.3 is 5.97 Å². The Morgan fingerprint density at radius 3 is 2.50 bits per heavy atom. The van der Waals surface area contributed by atoms with E-state index in [1.54, 1.807) is 13.2 Å². The van der Waals surface area contributed by atoms with E-state index in [1.807, 2.05) is 36.4 Å². The van der Waals surface area contributed by atoms with Crippen LogP contribution in [0.25, 0.3) is 0 Å². The Balaban J connectivity index is 1.95. The number of hydrogen-bond acceptors (Lipinski definition) is 4. The molecule has 6 heteroatoms. The maximum Gasteiger partial charge on any atom is 0.303 e. The van der Waals surface area contributed by atoms with Crippen LogP contribution in [-0.4, -0.2) is 31.4 Å². The molecule has 0 aromatic heterocycles. The molecule has 5 nitrogen and oxygen atoms in total. The summed E-state index contributed by atoms with van der Waals surface area (Å²) in [5.41, 5.74) is 0.869. The predicted octanol–water partition coefficient (Wildman–Crippen LogP) is 3.93. The van der Waals surface area contributed by atoms with Gasteiger partial charge in [0.25, 0.3) is 0 Å². The second-order valence-corrected chi connectivity index (χ2v) is 5.87. The van der Waals surface area contributed by atoms with Crippen LogP contribution >= 0.6 is 15.9 Å². The van der Waals surface area contributed by atoms with Gasteiger partial charge in [-0.2, -0.15) is 0 Å². The minimum atomic E-state index is -0.830. The number of carboxylic acid groups (broad SMARTS) is 1. The molecule has 0 fully saturated rings. The third-order valence-corrected chi connectivity index (χ3v) is 3.85. The summed E-state index contributed by atoms with van der Waals surface area (Å²) in [6, 6.07) is 13.1. The average molecular weight is 395 g/mol. The standard InChI is InChI=1S/C18H19BrO5/c1-22-16-12-13(7-8-17(20)21)11-15(19)18(16)24-10-9-23-14-5-3-2-4-6-14/h2-6,11-12H,7-10H2,1H3,(H,20,21). The fraction of sp³-hybridized carbons (Fsp3) is 0.278. The summed E-state index contributed by atoms with van der Waals surface area (Å²) >= 11 is 3.45. The van der Waals surface area contributed by atoms with Crippen molar-refractivity contribution in [1.29, 1.82) is 0 Å². The van der Waals surface area contributed by atoms with E-state index < -0.39 is 5.97 Å². The van der Waals surface area contributed by atoms with Crippen LogP contribution in [0.3, 0.4) is 0 Å². The van der Waals surface area contributed by atoms with Crippen molar-refractivity contribution in [3.63, 3.8) is 0 Å². The summed E-state index contributed by atoms with van der Waals surface area (Å²) in [6.07, 6.45) is 0.502. The zero-order valence-corrected chi connectivity index (χ0v) is 14.9. The van der Waals surface area contributed by atoms with Gasteiger partial charge in [0, 0.05) is 6.42 Å². The first-order valence-electron chi connectivity index (χ1n) is 7.49. The Morgan fingerprint density at radius 2 is 1.83 bits per heavy atom. The topological polar surface area (TPSA) is 65.0 Å². The number of rotatable bonds is 9. The van der Waals surface area contributed by atoms with Gasteiger partial charge in [-0.05, 0) is 52.2 Å². The molecule has 0 unspecified atom stereocenters. The maximum atomic E-state index is 10.7. The average Bonchev–Trinajstić information content (AvgIpc) is 2.58. The molecule has 24 heavy (non-hydrogen) atoms. The van der Waals surface area contributed by atoms with E-state index in [0.29, 0.717) is 31.1 Å². The van der Waals surface area contributed by atoms with Crippen LogP contribution in [0.2, 0.25) is 0 Å². The smallest absolute Gasteiger partial charge is 0.303 e. The lowest BCUT2D eigenvalue weighted by Crippen LogP contribution is -2.10. The number of ether oxygens (including phenoxy) is 3. The molecule has 0 saturated carbocycles. The summed E-state index contributed by atoms with van der Waals surface area (Å²) in [5.74, 6) is 1.09. The zero-order chi connectivity index (χ0) is 17.4. The van der Waals surface area contributed by atoms with Crippen LogP contribution in [0, 0.1) is 0 Å². The third kappa shape index (κ3) is 5.45. The van der Waals surface area contributed by atoms with Crippen molar-refractivity contribution in [2.45, 2.75) is 12.8 Å². The molecule has 0 aliphatic heterocycles. The molecule has 0 aliphatic rings. The lowest BCUT2D eigenvalue weighted by molar-refractivity contribution is -0.136. The highest BCUT2D eigenvalue weighted by molar-refractivity contribution is 9.10. The van der Waals surface area contributed by atoms with E-state index in [4.69, 9.17) is 19.3 Å². The predicted molar refractivity (Wildman–Crippen MR) is 94.1 cm³/mol. The van der Waals surface area contributed by atoms with Crippen LogP contribution in [0.4, 0.5) is 0 Å². The molecule has 0 heterocycles. The molecular weight excluding hydrogens is 376 g/mol. The second kappa shape index (κ2) is 9.17. The van der Waals surface area contributed by atoms with Crippen molar-refractivity contribution in [2.75, 3.05) is 20.3 Å². The van der Waals surface area contributed by atoms with Gasteiger partial charge in [-0.25, -0.2) is 0 Å². The number of aryl methyl sites for hydroxylation is 1. The Hall–Kier alpha value is -2.21. The van der Waals surface area contributed by atoms with E-state index >= 15 is 0 Å². The molecule has 2 aromatic rings. The summed E-state index contributed by atoms with van der Waals surface area (Å²) in [4.78, 5) is 10.7. The number of carboxylic acids is 1. The minimum Gasteiger partial charge on any atom is -0.493 e. The van der Waals surface area contributed by atoms with Gasteiger partial charge in [0.1, 0.15) is 19.0 Å². The molecule has 1 N–H and O–H groups in total. The lowest BCUT2D eigenvalue weighted by atomic mass is 10.1. The van der Waals surface area contributed by atoms with Crippen molar-refractivity contribution >= 4 is 21.9 Å². The van der Waals surface area contributed by atoms with Crippen LogP contribution in [0.5, 0.6) is 17.2 Å². The maximum absolute atomic E-state index is 10.7. The third-order valence-electron chi connectivity index (χ3n) is 3.26. The zero-order valence-electron chi connectivity index (χ0n) is 13.3. The van der Waals surface area contributed by atoms with E-state index in [2.05, 4.69) is 15.9 Å². The molecule has 2 aromatic carbocycles. The second-order valence-electron chi connectivity index (χ2n) is 5.01. The number of benzene rings is 2. The summed E-state index contributed by atoms with van der Waals surface area (Å²) in [5, 5.41) is 8.78. The molecule has 0 bridgehead atoms. The van der Waals surface area contributed by atoms with Gasteiger partial charge in [-0.3, -0.25) is 4.79 Å². The summed E-state index contributed by atoms with van der Waals surface area (Å²) < 4.78 is 17.4. The Labute approximate surface area is 149 Å². The largest absolute Gasteiger partial charge is 0.493 e. The first-order chi connectivity index (χ1) is 11.6. The van der Waals surface area contributed by atoms with Gasteiger partial charge < -0.3 is 19.3 Å². The van der Waals surface area contributed by atoms with Gasteiger partial charge in [-0.15, -0.1) is 0 Å². The van der Waals surface area contributed by atoms with Crippen LogP contribution in [-0.2, 0) is 11.2 Å². The summed E-state index contributed by atoms with van der Waals surface area (Å²) in [6.45, 7) is 0.763. The molecular formula is C18H19BrO5. The van der Waals surface area contributed by atoms with Crippen LogP contribution in [0.15, 0.2) is 46.9 Å². The quantitative estimate of drug-likeness (QED) is 0.652. The van der Waals surface area contributed by atoms with E-state index in [9.17, 15) is 4.79 Å². The highest BCUT2D eigenvalue weighted by atomic mass is 79.9. The number of para-hydroxylation sites is 1. The number of hydrogen-bond donors (Lipinski definition) is 1. The van der Waals surface area contributed by atoms with Crippen molar-refractivity contribution in [2.24, 2.45) is 0 Å². The van der Waals surface area contributed by atoms with E-state index in [0.717, 1.165) is 15.8 Å². The first-order valence-corrected chi connectivity index (χ1v) is 8.28. The number of halogens is 1. The van der Waals surface area contributed by atoms with Crippen molar-refractivity contribution in [3.8, 4) is 17.2 Å². The normalized spacial score (nSPS) is 10.2. The monoisotopic (exact) mass is 394 g/mol. The number of methoxy groups -OCH3 is 1. The van der Waals surface area contributed by atoms with E-state index in [1.165, 1.54) is 0 Å². The molecule has 0 saturated heterocycles. The van der Waals surface area contributed by atoms with Crippen molar-refractivity contribution in [3.05, 3.63) is 52.5 Å². The van der Waals surface area contributed by atoms with Gasteiger partial charge in [0.2, 0.25) is 0 Å². The van der Waals surface area contributed by atoms with Gasteiger partial charge in [0.15, 0.2) is 11.5 Å². The lowest BCUT2D eigenvalue weighted by Gasteiger charge is -2.14. The molecule has 0 radical (unpaired) electrons. The first kappa shape index (κ1) is 18.1. The fourth-order valence-corrected chi connectivity index (χ4v) is 2.73. The SMILES string of the molecule is COc1cc(CCC(=O)O)cc(Br)c1OCCOc1ccccc1. The molecule has 0 atom stereocenters. The van der Waals surface area contributed by atoms with E-state index in [-0.39, 0.29) is 6.42 Å². The van der Waals surface area contributed by atoms with Crippen LogP contribution in [0.1, 0.15) is 12.0 Å². The van der Waals surface area contributed by atoms with Crippen molar-refractivity contribution < 1.29 is 24.1 Å². The molecule has 0 aliphatic carbocycles. The molecule has 0 amide bonds. The van der Waals surface area contributed by atoms with Gasteiger partial charge in [0.05, 0.1) is 11.6 Å². The Kier molecular flexibility index (Phi) is 6.93. The highest BCUT2D eigenvalue weighted by Crippen LogP contribution is 2.37. The minimum absolute atomic E-state index is 0.0702. The number of aliphatic carboxylic acids is 1. The van der Waals surface area contributed by atoms with Crippen molar-refractivity contribution in [1.82, 2.24) is 0 Å². The Morgan fingerprint density at radius 1 is 1.12 bits per heavy atom. The fourth-order valence-electron chi connectivity index (χ4n) is 2.13. The van der Waals surface area contributed by atoms with Gasteiger partial charge in [-0.1, -0.05) is 18.2 Å². The number of carbonyl (C=O) groups is 1. The molecule has 128 valence electrons. The molecule has 2 rings (SSSR count). The van der Waals surface area contributed by atoms with Crippen LogP contribution < -0.4 is 14.2 Å². The Bertz CT molecular complexity index is 673. The highest BCUT2D eigenvalue weighted by Gasteiger charge is 2.12.